The maximum absolute atomic E-state index is 2.86. The Hall–Kier alpha value is -0.260. The molecule has 0 aromatic heterocycles. The molecule has 5 rings (SSSR count). The molecule has 0 heterocycles. The van der Waals surface area contributed by atoms with Gasteiger partial charge in [0.25, 0.3) is 0 Å². The van der Waals surface area contributed by atoms with Crippen LogP contribution in [-0.2, 0) is 0 Å². The van der Waals surface area contributed by atoms with Gasteiger partial charge in [-0.2, -0.15) is 0 Å². The van der Waals surface area contributed by atoms with Crippen molar-refractivity contribution in [2.24, 2.45) is 50.2 Å². The third kappa shape index (κ3) is 2.46. The minimum atomic E-state index is 0.421. The van der Waals surface area contributed by atoms with Crippen LogP contribution < -0.4 is 0 Å². The molecule has 0 saturated heterocycles. The highest BCUT2D eigenvalue weighted by atomic mass is 14.7. The Kier molecular flexibility index (Phi) is 4.46. The molecule has 0 bridgehead atoms. The second kappa shape index (κ2) is 6.20. The molecule has 0 aromatic rings. The smallest absolute Gasteiger partial charge is 0.00540 e. The molecule has 0 nitrogen and oxygen atoms in total. The van der Waals surface area contributed by atoms with E-state index in [9.17, 15) is 0 Å². The van der Waals surface area contributed by atoms with Crippen LogP contribution in [0.25, 0.3) is 0 Å². The highest BCUT2D eigenvalue weighted by Gasteiger charge is 2.67. The van der Waals surface area contributed by atoms with Crippen molar-refractivity contribution in [1.82, 2.24) is 0 Å². The van der Waals surface area contributed by atoms with Crippen molar-refractivity contribution in [2.75, 3.05) is 0 Å². The summed E-state index contributed by atoms with van der Waals surface area (Å²) in [5, 5.41) is 0. The Morgan fingerprint density at radius 3 is 1.93 bits per heavy atom. The largest absolute Gasteiger partial charge is 0.0839 e. The molecule has 4 fully saturated rings. The molecule has 4 saturated carbocycles. The first kappa shape index (κ1) is 21.6. The number of fused-ring (bicyclic) bond motifs is 7. The van der Waals surface area contributed by atoms with Gasteiger partial charge in [-0.3, -0.25) is 0 Å². The van der Waals surface area contributed by atoms with E-state index in [1.165, 1.54) is 70.6 Å². The van der Waals surface area contributed by atoms with Crippen LogP contribution in [0.2, 0.25) is 0 Å². The van der Waals surface area contributed by atoms with Gasteiger partial charge in [-0.1, -0.05) is 79.9 Å². The van der Waals surface area contributed by atoms with Crippen molar-refractivity contribution in [3.8, 4) is 0 Å². The molecule has 1 unspecified atom stereocenters. The molecule has 0 aromatic carbocycles. The Labute approximate surface area is 188 Å². The maximum atomic E-state index is 2.86. The SMILES string of the molecule is CC1(C)CCC[C@]2(C)C3=CCC4[C@@]5(C)CCCC(C)(C)[C@@H]5CC[C@@]4(C)[C@]3(C)CC[C@@H]12. The van der Waals surface area contributed by atoms with Crippen molar-refractivity contribution >= 4 is 0 Å². The van der Waals surface area contributed by atoms with Crippen LogP contribution in [0.15, 0.2) is 11.6 Å². The van der Waals surface area contributed by atoms with Crippen LogP contribution in [-0.4, -0.2) is 0 Å². The molecule has 0 aliphatic heterocycles. The fourth-order valence-corrected chi connectivity index (χ4v) is 11.5. The van der Waals surface area contributed by atoms with E-state index in [2.05, 4.69) is 61.5 Å². The van der Waals surface area contributed by atoms with E-state index < -0.39 is 0 Å². The zero-order valence-electron chi connectivity index (χ0n) is 21.6. The van der Waals surface area contributed by atoms with Gasteiger partial charge in [0, 0.05) is 0 Å². The van der Waals surface area contributed by atoms with Crippen molar-refractivity contribution in [3.05, 3.63) is 11.6 Å². The molecule has 7 atom stereocenters. The first-order valence-corrected chi connectivity index (χ1v) is 13.5. The first-order valence-electron chi connectivity index (χ1n) is 13.5. The molecule has 30 heavy (non-hydrogen) atoms. The molecular formula is C30H50. The molecule has 0 amide bonds. The molecule has 170 valence electrons. The van der Waals surface area contributed by atoms with E-state index in [0.717, 1.165) is 17.8 Å². The van der Waals surface area contributed by atoms with Crippen molar-refractivity contribution in [2.45, 2.75) is 126 Å². The number of rotatable bonds is 0. The van der Waals surface area contributed by atoms with Crippen LogP contribution in [0.1, 0.15) is 126 Å². The van der Waals surface area contributed by atoms with Gasteiger partial charge < -0.3 is 0 Å². The summed E-state index contributed by atoms with van der Waals surface area (Å²) >= 11 is 0. The van der Waals surface area contributed by atoms with Crippen LogP contribution in [0, 0.1) is 50.2 Å². The summed E-state index contributed by atoms with van der Waals surface area (Å²) in [5.74, 6) is 2.70. The van der Waals surface area contributed by atoms with Crippen molar-refractivity contribution in [1.29, 1.82) is 0 Å². The monoisotopic (exact) mass is 410 g/mol. The summed E-state index contributed by atoms with van der Waals surface area (Å²) in [5.41, 5.74) is 4.89. The van der Waals surface area contributed by atoms with E-state index in [0.29, 0.717) is 32.5 Å². The Morgan fingerprint density at radius 1 is 0.633 bits per heavy atom. The summed E-state index contributed by atoms with van der Waals surface area (Å²) in [6, 6.07) is 0. The number of hydrogen-bond donors (Lipinski definition) is 0. The quantitative estimate of drug-likeness (QED) is 0.349. The minimum Gasteiger partial charge on any atom is -0.0839 e. The molecular weight excluding hydrogens is 360 g/mol. The lowest BCUT2D eigenvalue weighted by atomic mass is 9.33. The van der Waals surface area contributed by atoms with Gasteiger partial charge in [-0.05, 0) is 108 Å². The summed E-state index contributed by atoms with van der Waals surface area (Å²) in [7, 11) is 0. The van der Waals surface area contributed by atoms with Crippen LogP contribution in [0.3, 0.4) is 0 Å². The summed E-state index contributed by atoms with van der Waals surface area (Å²) in [6.07, 6.45) is 18.8. The number of allylic oxidation sites excluding steroid dienone is 2. The fraction of sp³-hybridized carbons (Fsp3) is 0.933. The normalized spacial score (nSPS) is 54.1. The lowest BCUT2D eigenvalue weighted by Gasteiger charge is -2.72. The molecule has 5 aliphatic rings. The zero-order valence-corrected chi connectivity index (χ0v) is 21.6. The predicted molar refractivity (Wildman–Crippen MR) is 129 cm³/mol. The summed E-state index contributed by atoms with van der Waals surface area (Å²) in [6.45, 7) is 21.3. The van der Waals surface area contributed by atoms with Gasteiger partial charge in [0.1, 0.15) is 0 Å². The second-order valence-electron chi connectivity index (χ2n) is 14.9. The maximum Gasteiger partial charge on any atom is -0.00540 e. The highest BCUT2D eigenvalue weighted by molar-refractivity contribution is 5.35. The zero-order chi connectivity index (χ0) is 21.8. The van der Waals surface area contributed by atoms with E-state index in [-0.39, 0.29) is 0 Å². The lowest BCUT2D eigenvalue weighted by molar-refractivity contribution is -0.183. The van der Waals surface area contributed by atoms with Gasteiger partial charge >= 0.3 is 0 Å². The first-order chi connectivity index (χ1) is 13.8. The van der Waals surface area contributed by atoms with Crippen molar-refractivity contribution < 1.29 is 0 Å². The van der Waals surface area contributed by atoms with Crippen molar-refractivity contribution in [3.63, 3.8) is 0 Å². The minimum absolute atomic E-state index is 0.421. The predicted octanol–water partition coefficient (Wildman–Crippen LogP) is 9.20. The van der Waals surface area contributed by atoms with Gasteiger partial charge in [0.2, 0.25) is 0 Å². The average molecular weight is 411 g/mol. The molecule has 0 spiro atoms. The molecule has 0 N–H and O–H groups in total. The van der Waals surface area contributed by atoms with Crippen LogP contribution >= 0.6 is 0 Å². The van der Waals surface area contributed by atoms with Gasteiger partial charge in [0.05, 0.1) is 0 Å². The highest BCUT2D eigenvalue weighted by Crippen LogP contribution is 2.76. The van der Waals surface area contributed by atoms with E-state index in [1.54, 1.807) is 0 Å². The van der Waals surface area contributed by atoms with Gasteiger partial charge in [0.15, 0.2) is 0 Å². The fourth-order valence-electron chi connectivity index (χ4n) is 11.5. The third-order valence-electron chi connectivity index (χ3n) is 13.0. The Morgan fingerprint density at radius 2 is 1.23 bits per heavy atom. The molecule has 0 heteroatoms. The summed E-state index contributed by atoms with van der Waals surface area (Å²) < 4.78 is 0. The van der Waals surface area contributed by atoms with E-state index in [4.69, 9.17) is 0 Å². The summed E-state index contributed by atoms with van der Waals surface area (Å²) in [4.78, 5) is 0. The Balaban J connectivity index is 1.60. The molecule has 0 radical (unpaired) electrons. The second-order valence-corrected chi connectivity index (χ2v) is 14.9. The number of hydrogen-bond acceptors (Lipinski definition) is 0. The van der Waals surface area contributed by atoms with Gasteiger partial charge in [-0.25, -0.2) is 0 Å². The Bertz CT molecular complexity index is 754. The van der Waals surface area contributed by atoms with E-state index in [1.807, 2.05) is 5.57 Å². The van der Waals surface area contributed by atoms with Gasteiger partial charge in [-0.15, -0.1) is 0 Å². The molecule has 5 aliphatic carbocycles. The van der Waals surface area contributed by atoms with Crippen LogP contribution in [0.5, 0.6) is 0 Å². The lowest BCUT2D eigenvalue weighted by Crippen LogP contribution is -2.63. The standard InChI is InChI=1S/C30H50/c1-25(2)15-9-17-27(5)21(25)13-19-29(7)23(27)11-12-24-28(6)18-10-16-26(3,4)22(28)14-20-30(24,29)8/h11,21-22,24H,9-10,12-20H2,1-8H3/t21-,22-,24?,27-,28-,29+,30+/m0/s1. The third-order valence-corrected chi connectivity index (χ3v) is 13.0. The van der Waals surface area contributed by atoms with E-state index >= 15 is 0 Å². The topological polar surface area (TPSA) is 0 Å². The average Bonchev–Trinajstić information content (AvgIpc) is 2.61. The van der Waals surface area contributed by atoms with Crippen LogP contribution in [0.4, 0.5) is 0 Å².